The largest absolute Gasteiger partial charge is 0.376 e. The fourth-order valence-corrected chi connectivity index (χ4v) is 1.57. The third-order valence-electron chi connectivity index (χ3n) is 1.93. The predicted molar refractivity (Wildman–Crippen MR) is 38.8 cm³/mol. The summed E-state index contributed by atoms with van der Waals surface area (Å²) >= 11 is 0. The Morgan fingerprint density at radius 2 is 1.80 bits per heavy atom. The first kappa shape index (κ1) is 7.73. The van der Waals surface area contributed by atoms with E-state index in [1.54, 1.807) is 0 Å². The van der Waals surface area contributed by atoms with Crippen molar-refractivity contribution in [2.75, 3.05) is 0 Å². The monoisotopic (exact) mass is 142 g/mol. The smallest absolute Gasteiger partial charge is 0.123 e. The molecule has 1 aliphatic rings. The Kier molecular flexibility index (Phi) is 2.44. The van der Waals surface area contributed by atoms with Crippen molar-refractivity contribution in [1.82, 2.24) is 0 Å². The second-order valence-electron chi connectivity index (χ2n) is 3.12. The number of aldehydes is 1. The molecule has 2 unspecified atom stereocenters. The Morgan fingerprint density at radius 3 is 2.20 bits per heavy atom. The number of hydrogen-bond donors (Lipinski definition) is 0. The van der Waals surface area contributed by atoms with Gasteiger partial charge in [0.05, 0.1) is 12.2 Å². The molecule has 1 fully saturated rings. The first-order chi connectivity index (χ1) is 4.72. The maximum Gasteiger partial charge on any atom is 0.123 e. The summed E-state index contributed by atoms with van der Waals surface area (Å²) in [6.07, 6.45) is 3.37. The Labute approximate surface area is 61.6 Å². The maximum absolute atomic E-state index is 10.4. The van der Waals surface area contributed by atoms with Gasteiger partial charge in [0.1, 0.15) is 6.29 Å². The molecule has 0 aromatic rings. The normalized spacial score (nSPS) is 41.2. The summed E-state index contributed by atoms with van der Waals surface area (Å²) in [6, 6.07) is 0. The minimum absolute atomic E-state index is 0.235. The van der Waals surface area contributed by atoms with Gasteiger partial charge in [-0.1, -0.05) is 0 Å². The van der Waals surface area contributed by atoms with E-state index >= 15 is 0 Å². The van der Waals surface area contributed by atoms with Crippen molar-refractivity contribution in [1.29, 1.82) is 0 Å². The standard InChI is InChI=1S/C8H14O2/c1-6-3-8(5-9)4-7(2)10-6/h5-8H,3-4H2,1-2H3. The van der Waals surface area contributed by atoms with Crippen LogP contribution in [0.3, 0.4) is 0 Å². The van der Waals surface area contributed by atoms with E-state index in [1.165, 1.54) is 0 Å². The van der Waals surface area contributed by atoms with Crippen LogP contribution in [0.4, 0.5) is 0 Å². The first-order valence-corrected chi connectivity index (χ1v) is 3.83. The van der Waals surface area contributed by atoms with Gasteiger partial charge >= 0.3 is 0 Å². The lowest BCUT2D eigenvalue weighted by atomic mass is 9.94. The summed E-state index contributed by atoms with van der Waals surface area (Å²) in [4.78, 5) is 10.4. The third kappa shape index (κ3) is 1.81. The van der Waals surface area contributed by atoms with Crippen LogP contribution >= 0.6 is 0 Å². The first-order valence-electron chi connectivity index (χ1n) is 3.83. The summed E-state index contributed by atoms with van der Waals surface area (Å²) in [5, 5.41) is 0. The van der Waals surface area contributed by atoms with Crippen molar-refractivity contribution in [2.45, 2.75) is 38.9 Å². The Bertz CT molecular complexity index is 112. The van der Waals surface area contributed by atoms with Gasteiger partial charge in [-0.3, -0.25) is 0 Å². The van der Waals surface area contributed by atoms with Crippen molar-refractivity contribution in [3.05, 3.63) is 0 Å². The molecule has 0 aromatic heterocycles. The van der Waals surface area contributed by atoms with Crippen molar-refractivity contribution in [2.24, 2.45) is 5.92 Å². The van der Waals surface area contributed by atoms with Gasteiger partial charge in [-0.25, -0.2) is 0 Å². The fourth-order valence-electron chi connectivity index (χ4n) is 1.57. The van der Waals surface area contributed by atoms with Crippen LogP contribution in [0.2, 0.25) is 0 Å². The Morgan fingerprint density at radius 1 is 1.30 bits per heavy atom. The van der Waals surface area contributed by atoms with Crippen LogP contribution < -0.4 is 0 Å². The summed E-state index contributed by atoms with van der Waals surface area (Å²) in [6.45, 7) is 4.04. The fraction of sp³-hybridized carbons (Fsp3) is 0.875. The molecule has 0 amide bonds. The highest BCUT2D eigenvalue weighted by atomic mass is 16.5. The topological polar surface area (TPSA) is 26.3 Å². The average molecular weight is 142 g/mol. The quantitative estimate of drug-likeness (QED) is 0.517. The van der Waals surface area contributed by atoms with E-state index < -0.39 is 0 Å². The van der Waals surface area contributed by atoms with E-state index in [0.717, 1.165) is 19.1 Å². The van der Waals surface area contributed by atoms with Crippen LogP contribution in [-0.4, -0.2) is 18.5 Å². The van der Waals surface area contributed by atoms with Crippen molar-refractivity contribution in [3.63, 3.8) is 0 Å². The molecule has 0 aromatic carbocycles. The Hall–Kier alpha value is -0.370. The molecule has 0 bridgehead atoms. The van der Waals surface area contributed by atoms with Crippen LogP contribution in [0.1, 0.15) is 26.7 Å². The van der Waals surface area contributed by atoms with Crippen LogP contribution in [0.25, 0.3) is 0 Å². The van der Waals surface area contributed by atoms with Gasteiger partial charge in [0.2, 0.25) is 0 Å². The molecule has 10 heavy (non-hydrogen) atoms. The van der Waals surface area contributed by atoms with Crippen LogP contribution in [0.15, 0.2) is 0 Å². The highest BCUT2D eigenvalue weighted by Crippen LogP contribution is 2.22. The Balaban J connectivity index is 2.42. The van der Waals surface area contributed by atoms with E-state index in [2.05, 4.69) is 0 Å². The molecule has 2 nitrogen and oxygen atoms in total. The number of hydrogen-bond acceptors (Lipinski definition) is 2. The number of rotatable bonds is 1. The highest BCUT2D eigenvalue weighted by Gasteiger charge is 2.23. The minimum atomic E-state index is 0.235. The minimum Gasteiger partial charge on any atom is -0.376 e. The number of carbonyl (C=O) groups is 1. The molecule has 0 spiro atoms. The van der Waals surface area contributed by atoms with E-state index in [9.17, 15) is 4.79 Å². The average Bonchev–Trinajstić information content (AvgIpc) is 1.85. The van der Waals surface area contributed by atoms with Gasteiger partial charge in [0.25, 0.3) is 0 Å². The molecule has 1 heterocycles. The zero-order valence-corrected chi connectivity index (χ0v) is 6.54. The molecular formula is C8H14O2. The molecule has 2 atom stereocenters. The molecule has 0 N–H and O–H groups in total. The lowest BCUT2D eigenvalue weighted by Crippen LogP contribution is -2.29. The van der Waals surface area contributed by atoms with E-state index in [-0.39, 0.29) is 18.1 Å². The molecule has 0 aliphatic carbocycles. The van der Waals surface area contributed by atoms with Crippen molar-refractivity contribution in [3.8, 4) is 0 Å². The molecular weight excluding hydrogens is 128 g/mol. The van der Waals surface area contributed by atoms with Gasteiger partial charge in [0.15, 0.2) is 0 Å². The zero-order chi connectivity index (χ0) is 7.56. The van der Waals surface area contributed by atoms with Gasteiger partial charge < -0.3 is 9.53 Å². The second-order valence-corrected chi connectivity index (χ2v) is 3.12. The maximum atomic E-state index is 10.4. The molecule has 58 valence electrons. The SMILES string of the molecule is CC1CC(C=O)CC(C)O1. The number of carbonyl (C=O) groups excluding carboxylic acids is 1. The third-order valence-corrected chi connectivity index (χ3v) is 1.93. The lowest BCUT2D eigenvalue weighted by molar-refractivity contribution is -0.119. The summed E-state index contributed by atoms with van der Waals surface area (Å²) in [7, 11) is 0. The van der Waals surface area contributed by atoms with Crippen LogP contribution in [-0.2, 0) is 9.53 Å². The van der Waals surface area contributed by atoms with Gasteiger partial charge in [0, 0.05) is 5.92 Å². The van der Waals surface area contributed by atoms with Gasteiger partial charge in [-0.05, 0) is 26.7 Å². The summed E-state index contributed by atoms with van der Waals surface area (Å²) in [5.41, 5.74) is 0. The molecule has 1 rings (SSSR count). The summed E-state index contributed by atoms with van der Waals surface area (Å²) < 4.78 is 5.46. The number of ether oxygens (including phenoxy) is 1. The lowest BCUT2D eigenvalue weighted by Gasteiger charge is -2.28. The van der Waals surface area contributed by atoms with E-state index in [4.69, 9.17) is 4.74 Å². The predicted octanol–water partition coefficient (Wildman–Crippen LogP) is 1.39. The van der Waals surface area contributed by atoms with Crippen molar-refractivity contribution >= 4 is 6.29 Å². The molecule has 1 saturated heterocycles. The highest BCUT2D eigenvalue weighted by molar-refractivity contribution is 5.53. The van der Waals surface area contributed by atoms with Crippen LogP contribution in [0, 0.1) is 5.92 Å². The molecule has 2 heteroatoms. The zero-order valence-electron chi connectivity index (χ0n) is 6.54. The second kappa shape index (κ2) is 3.15. The molecule has 0 radical (unpaired) electrons. The van der Waals surface area contributed by atoms with Crippen molar-refractivity contribution < 1.29 is 9.53 Å². The summed E-state index contributed by atoms with van der Waals surface area (Å²) in [5.74, 6) is 0.235. The molecule has 0 saturated carbocycles. The van der Waals surface area contributed by atoms with E-state index in [1.807, 2.05) is 13.8 Å². The van der Waals surface area contributed by atoms with E-state index in [0.29, 0.717) is 0 Å². The molecule has 1 aliphatic heterocycles. The van der Waals surface area contributed by atoms with Crippen LogP contribution in [0.5, 0.6) is 0 Å². The van der Waals surface area contributed by atoms with Gasteiger partial charge in [-0.2, -0.15) is 0 Å². The van der Waals surface area contributed by atoms with Gasteiger partial charge in [-0.15, -0.1) is 0 Å².